The van der Waals surface area contributed by atoms with E-state index in [9.17, 15) is 13.6 Å². The normalized spacial score (nSPS) is 26.4. The van der Waals surface area contributed by atoms with Crippen LogP contribution in [0.5, 0.6) is 0 Å². The van der Waals surface area contributed by atoms with E-state index >= 15 is 0 Å². The summed E-state index contributed by atoms with van der Waals surface area (Å²) in [4.78, 5) is 18.6. The number of alkyl halides is 2. The van der Waals surface area contributed by atoms with Crippen molar-refractivity contribution in [2.24, 2.45) is 17.6 Å². The molecule has 7 heteroatoms. The van der Waals surface area contributed by atoms with Crippen LogP contribution < -0.4 is 10.6 Å². The highest BCUT2D eigenvalue weighted by Crippen LogP contribution is 2.50. The third kappa shape index (κ3) is 3.17. The smallest absolute Gasteiger partial charge is 0.248 e. The van der Waals surface area contributed by atoms with Gasteiger partial charge in [0, 0.05) is 37.7 Å². The first-order valence-corrected chi connectivity index (χ1v) is 10.0. The minimum Gasteiger partial charge on any atom is -0.366 e. The van der Waals surface area contributed by atoms with Crippen molar-refractivity contribution < 1.29 is 13.6 Å². The van der Waals surface area contributed by atoms with E-state index in [1.54, 1.807) is 0 Å². The molecule has 27 heavy (non-hydrogen) atoms. The maximum absolute atomic E-state index is 13.8. The Kier molecular flexibility index (Phi) is 4.55. The molecule has 3 atom stereocenters. The monoisotopic (exact) mass is 391 g/mol. The Bertz CT molecular complexity index is 882. The number of carbonyl (C=O) groups excluding carboxylic acids is 1. The quantitative estimate of drug-likeness (QED) is 0.799. The minimum absolute atomic E-state index is 0.00145. The zero-order valence-electron chi connectivity index (χ0n) is 15.4. The molecular formula is C20H23F2N3OS. The first kappa shape index (κ1) is 18.5. The van der Waals surface area contributed by atoms with E-state index in [4.69, 9.17) is 5.73 Å². The van der Waals surface area contributed by atoms with Crippen LogP contribution in [0.3, 0.4) is 0 Å². The minimum atomic E-state index is -2.55. The number of halogens is 2. The molecular weight excluding hydrogens is 368 g/mol. The van der Waals surface area contributed by atoms with Crippen LogP contribution in [0.15, 0.2) is 18.2 Å². The van der Waals surface area contributed by atoms with Crippen LogP contribution >= 0.6 is 11.3 Å². The summed E-state index contributed by atoms with van der Waals surface area (Å²) in [6.07, 6.45) is 0.689. The van der Waals surface area contributed by atoms with E-state index in [1.165, 1.54) is 11.3 Å². The zero-order chi connectivity index (χ0) is 19.3. The molecule has 144 valence electrons. The Hall–Kier alpha value is -1.86. The second kappa shape index (κ2) is 6.63. The molecule has 0 unspecified atom stereocenters. The lowest BCUT2D eigenvalue weighted by Gasteiger charge is -2.31. The van der Waals surface area contributed by atoms with Gasteiger partial charge in [0.15, 0.2) is 6.29 Å². The molecule has 2 heterocycles. The van der Waals surface area contributed by atoms with E-state index in [1.807, 2.05) is 32.0 Å². The second-order valence-electron chi connectivity index (χ2n) is 7.71. The molecule has 1 saturated heterocycles. The van der Waals surface area contributed by atoms with Gasteiger partial charge in [0.2, 0.25) is 5.92 Å². The van der Waals surface area contributed by atoms with Gasteiger partial charge in [-0.1, -0.05) is 6.07 Å². The molecule has 0 amide bonds. The number of aldehydes is 1. The Morgan fingerprint density at radius 1 is 1.37 bits per heavy atom. The molecule has 1 aromatic carbocycles. The number of rotatable bonds is 4. The summed E-state index contributed by atoms with van der Waals surface area (Å²) in [5.41, 5.74) is 9.50. The summed E-state index contributed by atoms with van der Waals surface area (Å²) >= 11 is 1.50. The molecule has 0 spiro atoms. The number of hydrogen-bond donors (Lipinski definition) is 1. The van der Waals surface area contributed by atoms with Crippen molar-refractivity contribution in [3.05, 3.63) is 34.5 Å². The highest BCUT2D eigenvalue weighted by atomic mass is 32.1. The first-order valence-electron chi connectivity index (χ1n) is 9.21. The summed E-state index contributed by atoms with van der Waals surface area (Å²) in [7, 11) is 0. The number of aromatic nitrogens is 1. The Morgan fingerprint density at radius 3 is 2.81 bits per heavy atom. The van der Waals surface area contributed by atoms with Crippen LogP contribution in [0.25, 0.3) is 10.4 Å². The molecule has 1 aliphatic heterocycles. The van der Waals surface area contributed by atoms with Crippen molar-refractivity contribution in [2.75, 3.05) is 18.0 Å². The fraction of sp³-hybridized carbons (Fsp3) is 0.500. The fourth-order valence-corrected chi connectivity index (χ4v) is 5.71. The average Bonchev–Trinajstić information content (AvgIpc) is 3.23. The third-order valence-electron chi connectivity index (χ3n) is 5.91. The van der Waals surface area contributed by atoms with Gasteiger partial charge in [-0.3, -0.25) is 4.79 Å². The van der Waals surface area contributed by atoms with Crippen LogP contribution in [0, 0.1) is 25.7 Å². The standard InChI is InChI=1S/C20H23F2N3OS/c1-11-5-13(19-16(10-26)24-12(2)27-19)3-4-17(11)25-9-14-6-20(21,22)7-15(14)18(25)8-23/h3-5,10,14-15,18H,6-9,23H2,1-2H3/t14-,15-,18+/m0/s1. The summed E-state index contributed by atoms with van der Waals surface area (Å²) in [6.45, 7) is 4.90. The topological polar surface area (TPSA) is 59.2 Å². The number of thiazole rings is 1. The van der Waals surface area contributed by atoms with Crippen LogP contribution in [0.4, 0.5) is 14.5 Å². The van der Waals surface area contributed by atoms with Crippen LogP contribution in [0.2, 0.25) is 0 Å². The molecule has 2 N–H and O–H groups in total. The molecule has 4 rings (SSSR count). The van der Waals surface area contributed by atoms with Crippen LogP contribution in [-0.2, 0) is 0 Å². The van der Waals surface area contributed by atoms with Crippen LogP contribution in [0.1, 0.15) is 33.9 Å². The van der Waals surface area contributed by atoms with Crippen molar-refractivity contribution in [3.8, 4) is 10.4 Å². The van der Waals surface area contributed by atoms with E-state index < -0.39 is 5.92 Å². The van der Waals surface area contributed by atoms with Gasteiger partial charge < -0.3 is 10.6 Å². The van der Waals surface area contributed by atoms with Crippen molar-refractivity contribution in [3.63, 3.8) is 0 Å². The molecule has 2 aromatic rings. The van der Waals surface area contributed by atoms with Gasteiger partial charge >= 0.3 is 0 Å². The predicted molar refractivity (Wildman–Crippen MR) is 104 cm³/mol. The number of hydrogen-bond acceptors (Lipinski definition) is 5. The molecule has 2 fully saturated rings. The van der Waals surface area contributed by atoms with E-state index in [-0.39, 0.29) is 30.7 Å². The largest absolute Gasteiger partial charge is 0.366 e. The first-order chi connectivity index (χ1) is 12.8. The lowest BCUT2D eigenvalue weighted by atomic mass is 9.94. The number of nitrogens with zero attached hydrogens (tertiary/aromatic N) is 2. The highest BCUT2D eigenvalue weighted by molar-refractivity contribution is 7.15. The summed E-state index contributed by atoms with van der Waals surface area (Å²) < 4.78 is 27.6. The number of aryl methyl sites for hydroxylation is 2. The zero-order valence-corrected chi connectivity index (χ0v) is 16.2. The molecule has 2 aliphatic rings. The third-order valence-corrected chi connectivity index (χ3v) is 6.94. The van der Waals surface area contributed by atoms with Gasteiger partial charge in [0.25, 0.3) is 0 Å². The van der Waals surface area contributed by atoms with Gasteiger partial charge in [-0.05, 0) is 48.9 Å². The van der Waals surface area contributed by atoms with E-state index in [0.29, 0.717) is 18.8 Å². The maximum Gasteiger partial charge on any atom is 0.248 e. The summed E-state index contributed by atoms with van der Waals surface area (Å²) in [5.74, 6) is -2.60. The van der Waals surface area contributed by atoms with Crippen molar-refractivity contribution in [1.82, 2.24) is 4.98 Å². The number of carbonyl (C=O) groups is 1. The Labute approximate surface area is 161 Å². The molecule has 1 aliphatic carbocycles. The van der Waals surface area contributed by atoms with Crippen molar-refractivity contribution in [1.29, 1.82) is 0 Å². The fourth-order valence-electron chi connectivity index (χ4n) is 4.83. The van der Waals surface area contributed by atoms with Gasteiger partial charge in [-0.25, -0.2) is 13.8 Å². The van der Waals surface area contributed by atoms with E-state index in [0.717, 1.165) is 33.0 Å². The second-order valence-corrected chi connectivity index (χ2v) is 8.91. The highest BCUT2D eigenvalue weighted by Gasteiger charge is 2.54. The van der Waals surface area contributed by atoms with Crippen LogP contribution in [-0.4, -0.2) is 36.3 Å². The van der Waals surface area contributed by atoms with Crippen molar-refractivity contribution in [2.45, 2.75) is 38.7 Å². The van der Waals surface area contributed by atoms with E-state index in [2.05, 4.69) is 9.88 Å². The Balaban J connectivity index is 1.65. The number of fused-ring (bicyclic) bond motifs is 1. The number of nitrogens with two attached hydrogens (primary N) is 1. The molecule has 0 radical (unpaired) electrons. The number of benzene rings is 1. The van der Waals surface area contributed by atoms with Gasteiger partial charge in [-0.2, -0.15) is 0 Å². The average molecular weight is 391 g/mol. The Morgan fingerprint density at radius 2 is 2.15 bits per heavy atom. The molecule has 1 aromatic heterocycles. The molecule has 1 saturated carbocycles. The summed E-state index contributed by atoms with van der Waals surface area (Å²) in [5, 5.41) is 0.852. The number of anilines is 1. The van der Waals surface area contributed by atoms with Gasteiger partial charge in [0.1, 0.15) is 5.69 Å². The maximum atomic E-state index is 13.8. The molecule has 4 nitrogen and oxygen atoms in total. The molecule has 0 bridgehead atoms. The predicted octanol–water partition coefficient (Wildman–Crippen LogP) is 4.05. The SMILES string of the molecule is Cc1nc(C=O)c(-c2ccc(N3C[C@@H]4CC(F)(F)C[C@@H]4[C@H]3CN)c(C)c2)s1. The van der Waals surface area contributed by atoms with Crippen molar-refractivity contribution >= 4 is 23.3 Å². The lowest BCUT2D eigenvalue weighted by Crippen LogP contribution is -2.40. The lowest BCUT2D eigenvalue weighted by molar-refractivity contribution is 0.000447. The van der Waals surface area contributed by atoms with Gasteiger partial charge in [-0.15, -0.1) is 11.3 Å². The van der Waals surface area contributed by atoms with Gasteiger partial charge in [0.05, 0.1) is 9.88 Å². The summed E-state index contributed by atoms with van der Waals surface area (Å²) in [6, 6.07) is 6.00.